The van der Waals surface area contributed by atoms with Gasteiger partial charge in [-0.2, -0.15) is 4.31 Å². The number of nitrogens with one attached hydrogen (secondary N) is 2. The van der Waals surface area contributed by atoms with Crippen molar-refractivity contribution >= 4 is 27.6 Å². The Bertz CT molecular complexity index is 1330. The van der Waals surface area contributed by atoms with Crippen molar-refractivity contribution in [1.29, 1.82) is 0 Å². The minimum absolute atomic E-state index is 0.00889. The van der Waals surface area contributed by atoms with Crippen molar-refractivity contribution in [3.63, 3.8) is 0 Å². The van der Waals surface area contributed by atoms with E-state index in [1.807, 2.05) is 13.8 Å². The molecule has 0 bridgehead atoms. The molecular formula is C30H42N4O6S. The maximum Gasteiger partial charge on any atom is 0.319 e. The lowest BCUT2D eigenvalue weighted by atomic mass is 9.96. The van der Waals surface area contributed by atoms with Crippen LogP contribution in [-0.2, 0) is 10.0 Å². The third-order valence-corrected chi connectivity index (χ3v) is 9.88. The molecule has 0 radical (unpaired) electrons. The zero-order chi connectivity index (χ0) is 29.7. The molecule has 3 N–H and O–H groups in total. The summed E-state index contributed by atoms with van der Waals surface area (Å²) >= 11 is 0. The van der Waals surface area contributed by atoms with Gasteiger partial charge >= 0.3 is 6.03 Å². The molecule has 0 spiro atoms. The van der Waals surface area contributed by atoms with Crippen LogP contribution in [0.4, 0.5) is 10.5 Å². The molecule has 2 aliphatic rings. The Labute approximate surface area is 243 Å². The van der Waals surface area contributed by atoms with E-state index in [-0.39, 0.29) is 59.8 Å². The molecule has 1 aliphatic heterocycles. The second kappa shape index (κ2) is 13.2. The van der Waals surface area contributed by atoms with Gasteiger partial charge in [0.25, 0.3) is 5.91 Å². The number of fused-ring (bicyclic) bond motifs is 1. The first-order valence-electron chi connectivity index (χ1n) is 14.3. The van der Waals surface area contributed by atoms with Gasteiger partial charge in [-0.05, 0) is 51.0 Å². The van der Waals surface area contributed by atoms with Crippen molar-refractivity contribution in [2.75, 3.05) is 32.1 Å². The van der Waals surface area contributed by atoms with Gasteiger partial charge in [-0.15, -0.1) is 0 Å². The summed E-state index contributed by atoms with van der Waals surface area (Å²) in [6.07, 6.45) is 4.49. The summed E-state index contributed by atoms with van der Waals surface area (Å²) < 4.78 is 34.5. The van der Waals surface area contributed by atoms with Gasteiger partial charge in [0.15, 0.2) is 5.75 Å². The van der Waals surface area contributed by atoms with Crippen LogP contribution in [0.2, 0.25) is 0 Å². The summed E-state index contributed by atoms with van der Waals surface area (Å²) in [5.74, 6) is -0.450. The number of urea groups is 1. The fraction of sp³-hybridized carbons (Fsp3) is 0.533. The highest BCUT2D eigenvalue weighted by Gasteiger charge is 2.36. The number of amides is 3. The summed E-state index contributed by atoms with van der Waals surface area (Å²) in [6, 6.07) is 10.9. The number of aliphatic hydroxyl groups is 1. The third-order valence-electron chi connectivity index (χ3n) is 8.05. The lowest BCUT2D eigenvalue weighted by Gasteiger charge is -2.38. The first-order chi connectivity index (χ1) is 19.5. The van der Waals surface area contributed by atoms with Crippen molar-refractivity contribution in [1.82, 2.24) is 14.5 Å². The quantitative estimate of drug-likeness (QED) is 0.429. The van der Waals surface area contributed by atoms with E-state index < -0.39 is 22.2 Å². The molecule has 0 unspecified atom stereocenters. The van der Waals surface area contributed by atoms with E-state index in [2.05, 4.69) is 10.6 Å². The molecule has 3 amide bonds. The van der Waals surface area contributed by atoms with Crippen molar-refractivity contribution in [2.45, 2.75) is 76.0 Å². The van der Waals surface area contributed by atoms with E-state index in [9.17, 15) is 23.1 Å². The highest BCUT2D eigenvalue weighted by molar-refractivity contribution is 7.89. The van der Waals surface area contributed by atoms with Crippen LogP contribution in [0.15, 0.2) is 47.4 Å². The molecule has 11 heteroatoms. The predicted molar refractivity (Wildman–Crippen MR) is 158 cm³/mol. The van der Waals surface area contributed by atoms with E-state index in [4.69, 9.17) is 4.74 Å². The van der Waals surface area contributed by atoms with Crippen LogP contribution < -0.4 is 15.4 Å². The van der Waals surface area contributed by atoms with Crippen LogP contribution in [0.25, 0.3) is 0 Å². The Balaban J connectivity index is 1.65. The number of rotatable bonds is 8. The van der Waals surface area contributed by atoms with Gasteiger partial charge in [-0.25, -0.2) is 13.2 Å². The minimum atomic E-state index is -3.81. The maximum atomic E-state index is 13.7. The van der Waals surface area contributed by atoms with Gasteiger partial charge in [0.05, 0.1) is 35.3 Å². The van der Waals surface area contributed by atoms with Crippen LogP contribution in [0.3, 0.4) is 0 Å². The molecule has 2 aromatic rings. The highest BCUT2D eigenvalue weighted by Crippen LogP contribution is 2.35. The predicted octanol–water partition coefficient (Wildman–Crippen LogP) is 3.99. The number of benzene rings is 2. The van der Waals surface area contributed by atoms with Crippen molar-refractivity contribution in [2.24, 2.45) is 5.92 Å². The van der Waals surface area contributed by atoms with E-state index in [1.54, 1.807) is 54.3 Å². The molecule has 1 heterocycles. The normalized spacial score (nSPS) is 20.9. The van der Waals surface area contributed by atoms with Gasteiger partial charge < -0.3 is 25.4 Å². The summed E-state index contributed by atoms with van der Waals surface area (Å²) in [7, 11) is -2.31. The monoisotopic (exact) mass is 586 g/mol. The summed E-state index contributed by atoms with van der Waals surface area (Å²) in [5.41, 5.74) is 1.51. The van der Waals surface area contributed by atoms with Gasteiger partial charge in [0.1, 0.15) is 6.10 Å². The van der Waals surface area contributed by atoms with Crippen LogP contribution in [0.1, 0.15) is 61.9 Å². The average molecular weight is 587 g/mol. The molecule has 10 nitrogen and oxygen atoms in total. The number of carbonyl (C=O) groups is 2. The number of aryl methyl sites for hydroxylation is 1. The summed E-state index contributed by atoms with van der Waals surface area (Å²) in [6.45, 7) is 5.57. The second-order valence-electron chi connectivity index (χ2n) is 11.3. The SMILES string of the molecule is Cc1ccc(S(=O)(=O)N(C)C[C@@H]2Oc3c(NC(=O)NC4CCCCC4)cccc3C(=O)N([C@H](C)CO)C[C@@H]2C)cc1. The zero-order valence-corrected chi connectivity index (χ0v) is 25.1. The van der Waals surface area contributed by atoms with Crippen molar-refractivity contribution in [3.05, 3.63) is 53.6 Å². The van der Waals surface area contributed by atoms with E-state index in [0.29, 0.717) is 5.69 Å². The number of sulfonamides is 1. The van der Waals surface area contributed by atoms with Crippen molar-refractivity contribution in [3.8, 4) is 5.75 Å². The number of hydrogen-bond acceptors (Lipinski definition) is 6. The van der Waals surface area contributed by atoms with E-state index in [0.717, 1.165) is 31.2 Å². The van der Waals surface area contributed by atoms with Gasteiger partial charge in [-0.1, -0.05) is 49.9 Å². The maximum absolute atomic E-state index is 13.7. The molecular weight excluding hydrogens is 544 g/mol. The molecule has 41 heavy (non-hydrogen) atoms. The number of para-hydroxylation sites is 1. The Morgan fingerprint density at radius 3 is 2.49 bits per heavy atom. The number of hydrogen-bond donors (Lipinski definition) is 3. The lowest BCUT2D eigenvalue weighted by molar-refractivity contribution is 0.0389. The molecule has 1 aliphatic carbocycles. The number of likely N-dealkylation sites (N-methyl/N-ethyl adjacent to an activating group) is 1. The van der Waals surface area contributed by atoms with Crippen LogP contribution in [0.5, 0.6) is 5.75 Å². The average Bonchev–Trinajstić information content (AvgIpc) is 2.95. The Morgan fingerprint density at radius 1 is 1.15 bits per heavy atom. The lowest BCUT2D eigenvalue weighted by Crippen LogP contribution is -2.50. The summed E-state index contributed by atoms with van der Waals surface area (Å²) in [4.78, 5) is 28.4. The van der Waals surface area contributed by atoms with Gasteiger partial charge in [0.2, 0.25) is 10.0 Å². The Kier molecular flexibility index (Phi) is 9.93. The van der Waals surface area contributed by atoms with Crippen LogP contribution >= 0.6 is 0 Å². The zero-order valence-electron chi connectivity index (χ0n) is 24.3. The number of aliphatic hydroxyl groups excluding tert-OH is 1. The molecule has 0 saturated heterocycles. The van der Waals surface area contributed by atoms with E-state index >= 15 is 0 Å². The fourth-order valence-corrected chi connectivity index (χ4v) is 6.58. The fourth-order valence-electron chi connectivity index (χ4n) is 5.39. The van der Waals surface area contributed by atoms with Gasteiger partial charge in [-0.3, -0.25) is 4.79 Å². The molecule has 1 fully saturated rings. The standard InChI is InChI=1S/C30H42N4O6S/c1-20-13-15-24(16-14-20)41(38,39)33(4)18-27-21(2)17-34(22(3)19-35)29(36)25-11-8-12-26(28(25)40-27)32-30(37)31-23-9-6-5-7-10-23/h8,11-16,21-23,27,35H,5-7,9-10,17-19H2,1-4H3,(H2,31,32,37)/t21-,22+,27-/m0/s1. The number of carbonyl (C=O) groups excluding carboxylic acids is 2. The Morgan fingerprint density at radius 2 is 1.83 bits per heavy atom. The first kappa shape index (κ1) is 30.8. The largest absolute Gasteiger partial charge is 0.486 e. The Hall–Kier alpha value is -3.15. The molecule has 224 valence electrons. The van der Waals surface area contributed by atoms with Gasteiger partial charge in [0, 0.05) is 25.6 Å². The van der Waals surface area contributed by atoms with E-state index in [1.165, 1.54) is 17.8 Å². The topological polar surface area (TPSA) is 128 Å². The number of nitrogens with zero attached hydrogens (tertiary/aromatic N) is 2. The minimum Gasteiger partial charge on any atom is -0.486 e. The third kappa shape index (κ3) is 7.20. The molecule has 1 saturated carbocycles. The first-order valence-corrected chi connectivity index (χ1v) is 15.8. The summed E-state index contributed by atoms with van der Waals surface area (Å²) in [5, 5.41) is 15.8. The highest BCUT2D eigenvalue weighted by atomic mass is 32.2. The second-order valence-corrected chi connectivity index (χ2v) is 13.4. The van der Waals surface area contributed by atoms with Crippen LogP contribution in [-0.4, -0.2) is 79.6 Å². The van der Waals surface area contributed by atoms with Crippen molar-refractivity contribution < 1.29 is 27.9 Å². The smallest absolute Gasteiger partial charge is 0.319 e. The number of ether oxygens (including phenoxy) is 1. The molecule has 2 aromatic carbocycles. The number of anilines is 1. The molecule has 0 aromatic heterocycles. The van der Waals surface area contributed by atoms with Crippen LogP contribution in [0, 0.1) is 12.8 Å². The molecule has 4 rings (SSSR count). The molecule has 3 atom stereocenters.